The average molecular weight is 297 g/mol. The lowest BCUT2D eigenvalue weighted by atomic mass is 10.1. The molecule has 0 heterocycles. The Morgan fingerprint density at radius 1 is 1.30 bits per heavy atom. The molecule has 1 aromatic rings. The number of hydrogen-bond acceptors (Lipinski definition) is 4. The van der Waals surface area contributed by atoms with E-state index in [0.29, 0.717) is 6.42 Å². The maximum absolute atomic E-state index is 11.1. The number of aliphatic hydroxyl groups excluding tert-OH is 1. The summed E-state index contributed by atoms with van der Waals surface area (Å²) in [7, 11) is 0. The summed E-state index contributed by atoms with van der Waals surface area (Å²) >= 11 is 1.42. The van der Waals surface area contributed by atoms with Gasteiger partial charge in [-0.15, -0.1) is 0 Å². The van der Waals surface area contributed by atoms with Crippen LogP contribution in [0.3, 0.4) is 0 Å². The molecule has 2 atom stereocenters. The maximum Gasteiger partial charge on any atom is 0.327 e. The van der Waals surface area contributed by atoms with E-state index in [1.807, 2.05) is 30.3 Å². The summed E-state index contributed by atoms with van der Waals surface area (Å²) < 4.78 is 0. The van der Waals surface area contributed by atoms with Gasteiger partial charge in [-0.05, 0) is 12.0 Å². The minimum atomic E-state index is -1.05. The molecule has 0 spiro atoms. The number of carbonyl (C=O) groups excluding carboxylic acids is 1. The van der Waals surface area contributed by atoms with Crippen molar-refractivity contribution in [1.29, 1.82) is 0 Å². The third kappa shape index (κ3) is 5.63. The van der Waals surface area contributed by atoms with Crippen LogP contribution in [0.15, 0.2) is 30.3 Å². The number of carboxylic acids is 1. The Morgan fingerprint density at radius 3 is 2.45 bits per heavy atom. The second-order valence-electron chi connectivity index (χ2n) is 4.34. The first-order valence-corrected chi connectivity index (χ1v) is 7.36. The zero-order valence-electron chi connectivity index (χ0n) is 11.3. The fraction of sp³-hybridized carbons (Fsp3) is 0.429. The molecule has 0 aliphatic heterocycles. The van der Waals surface area contributed by atoms with Crippen molar-refractivity contribution in [3.05, 3.63) is 35.9 Å². The van der Waals surface area contributed by atoms with Crippen molar-refractivity contribution in [1.82, 2.24) is 5.32 Å². The highest BCUT2D eigenvalue weighted by Gasteiger charge is 2.21. The Labute approximate surface area is 122 Å². The predicted octanol–water partition coefficient (Wildman–Crippen LogP) is 1.43. The summed E-state index contributed by atoms with van der Waals surface area (Å²) in [6, 6.07) is 8.69. The number of aliphatic carboxylic acids is 1. The predicted molar refractivity (Wildman–Crippen MR) is 78.6 cm³/mol. The van der Waals surface area contributed by atoms with Crippen LogP contribution in [0.4, 0.5) is 0 Å². The minimum Gasteiger partial charge on any atom is -0.480 e. The molecule has 20 heavy (non-hydrogen) atoms. The van der Waals surface area contributed by atoms with Crippen LogP contribution in [0.5, 0.6) is 0 Å². The van der Waals surface area contributed by atoms with Crippen LogP contribution in [-0.4, -0.2) is 40.5 Å². The quantitative estimate of drug-likeness (QED) is 0.676. The van der Waals surface area contributed by atoms with E-state index >= 15 is 0 Å². The molecule has 5 nitrogen and oxygen atoms in total. The van der Waals surface area contributed by atoms with Crippen LogP contribution in [0.25, 0.3) is 0 Å². The first-order valence-electron chi connectivity index (χ1n) is 6.32. The van der Waals surface area contributed by atoms with Gasteiger partial charge in [-0.1, -0.05) is 30.3 Å². The number of hydrogen-bond donors (Lipinski definition) is 3. The fourth-order valence-electron chi connectivity index (χ4n) is 1.76. The van der Waals surface area contributed by atoms with Crippen LogP contribution < -0.4 is 5.32 Å². The highest BCUT2D eigenvalue weighted by Crippen LogP contribution is 2.32. The van der Waals surface area contributed by atoms with E-state index in [1.54, 1.807) is 0 Å². The van der Waals surface area contributed by atoms with E-state index in [-0.39, 0.29) is 23.5 Å². The van der Waals surface area contributed by atoms with Gasteiger partial charge in [-0.3, -0.25) is 4.79 Å². The number of benzene rings is 1. The third-order valence-electron chi connectivity index (χ3n) is 2.70. The van der Waals surface area contributed by atoms with Gasteiger partial charge < -0.3 is 15.5 Å². The lowest BCUT2D eigenvalue weighted by molar-refractivity contribution is -0.140. The number of thioether (sulfide) groups is 1. The number of aliphatic hydroxyl groups is 1. The van der Waals surface area contributed by atoms with E-state index in [4.69, 9.17) is 10.2 Å². The zero-order chi connectivity index (χ0) is 15.0. The van der Waals surface area contributed by atoms with Crippen LogP contribution >= 0.6 is 11.8 Å². The van der Waals surface area contributed by atoms with Crippen LogP contribution in [0, 0.1) is 0 Å². The van der Waals surface area contributed by atoms with Crippen molar-refractivity contribution < 1.29 is 19.8 Å². The van der Waals surface area contributed by atoms with Crippen molar-refractivity contribution >= 4 is 23.6 Å². The number of amides is 1. The molecule has 1 aromatic carbocycles. The Hall–Kier alpha value is -1.53. The molecule has 0 aliphatic carbocycles. The van der Waals surface area contributed by atoms with Gasteiger partial charge >= 0.3 is 5.97 Å². The molecule has 0 saturated heterocycles. The Kier molecular flexibility index (Phi) is 7.11. The molecule has 0 fully saturated rings. The fourth-order valence-corrected chi connectivity index (χ4v) is 3.04. The standard InChI is InChI=1S/C14H19NO4S/c1-10(17)15-12(14(18)19)9-20-13(7-8-16)11-5-3-2-4-6-11/h2-6,12-13,16H,7-9H2,1H3,(H,15,17)(H,18,19). The number of carboxylic acid groups (broad SMARTS) is 1. The minimum absolute atomic E-state index is 0.0109. The van der Waals surface area contributed by atoms with Gasteiger partial charge in [-0.25, -0.2) is 4.79 Å². The molecule has 0 radical (unpaired) electrons. The van der Waals surface area contributed by atoms with Gasteiger partial charge in [0.2, 0.25) is 5.91 Å². The van der Waals surface area contributed by atoms with Crippen molar-refractivity contribution in [2.75, 3.05) is 12.4 Å². The Balaban J connectivity index is 2.66. The normalized spacial score (nSPS) is 13.5. The molecule has 110 valence electrons. The number of nitrogens with one attached hydrogen (secondary N) is 1. The topological polar surface area (TPSA) is 86.6 Å². The largest absolute Gasteiger partial charge is 0.480 e. The summed E-state index contributed by atoms with van der Waals surface area (Å²) in [5, 5.41) is 20.6. The van der Waals surface area contributed by atoms with Gasteiger partial charge in [0.15, 0.2) is 0 Å². The summed E-state index contributed by atoms with van der Waals surface area (Å²) in [4.78, 5) is 22.0. The molecule has 3 N–H and O–H groups in total. The van der Waals surface area contributed by atoms with E-state index < -0.39 is 12.0 Å². The molecule has 1 rings (SSSR count). The van der Waals surface area contributed by atoms with Gasteiger partial charge in [-0.2, -0.15) is 11.8 Å². The highest BCUT2D eigenvalue weighted by atomic mass is 32.2. The molecule has 0 aromatic heterocycles. The van der Waals surface area contributed by atoms with Gasteiger partial charge in [0.1, 0.15) is 6.04 Å². The number of carbonyl (C=O) groups is 2. The average Bonchev–Trinajstić information content (AvgIpc) is 2.42. The molecular formula is C14H19NO4S. The third-order valence-corrected chi connectivity index (χ3v) is 4.14. The maximum atomic E-state index is 11.1. The molecule has 2 unspecified atom stereocenters. The molecule has 0 saturated carbocycles. The summed E-state index contributed by atoms with van der Waals surface area (Å²) in [5.74, 6) is -1.16. The lowest BCUT2D eigenvalue weighted by Gasteiger charge is -2.19. The van der Waals surface area contributed by atoms with E-state index in [1.165, 1.54) is 18.7 Å². The van der Waals surface area contributed by atoms with Gasteiger partial charge in [0.05, 0.1) is 0 Å². The monoisotopic (exact) mass is 297 g/mol. The van der Waals surface area contributed by atoms with Crippen LogP contribution in [-0.2, 0) is 9.59 Å². The zero-order valence-corrected chi connectivity index (χ0v) is 12.1. The second-order valence-corrected chi connectivity index (χ2v) is 5.57. The molecule has 0 bridgehead atoms. The molecule has 6 heteroatoms. The van der Waals surface area contributed by atoms with Gasteiger partial charge in [0.25, 0.3) is 0 Å². The van der Waals surface area contributed by atoms with E-state index in [9.17, 15) is 9.59 Å². The Morgan fingerprint density at radius 2 is 1.95 bits per heavy atom. The lowest BCUT2D eigenvalue weighted by Crippen LogP contribution is -2.41. The first kappa shape index (κ1) is 16.5. The first-order chi connectivity index (χ1) is 9.54. The van der Waals surface area contributed by atoms with Crippen molar-refractivity contribution in [2.24, 2.45) is 0 Å². The SMILES string of the molecule is CC(=O)NC(CSC(CCO)c1ccccc1)C(=O)O. The van der Waals surface area contributed by atoms with Crippen molar-refractivity contribution in [2.45, 2.75) is 24.6 Å². The molecule has 1 amide bonds. The van der Waals surface area contributed by atoms with Crippen LogP contribution in [0.1, 0.15) is 24.2 Å². The molecular weight excluding hydrogens is 278 g/mol. The summed E-state index contributed by atoms with van der Waals surface area (Å²) in [6.45, 7) is 1.33. The van der Waals surface area contributed by atoms with Gasteiger partial charge in [0, 0.05) is 24.5 Å². The summed E-state index contributed by atoms with van der Waals surface area (Å²) in [6.07, 6.45) is 0.543. The van der Waals surface area contributed by atoms with E-state index in [2.05, 4.69) is 5.32 Å². The molecule has 0 aliphatic rings. The smallest absolute Gasteiger partial charge is 0.327 e. The van der Waals surface area contributed by atoms with Crippen LogP contribution in [0.2, 0.25) is 0 Å². The second kappa shape index (κ2) is 8.60. The van der Waals surface area contributed by atoms with Crippen molar-refractivity contribution in [3.63, 3.8) is 0 Å². The number of rotatable bonds is 8. The highest BCUT2D eigenvalue weighted by molar-refractivity contribution is 7.99. The van der Waals surface area contributed by atoms with E-state index in [0.717, 1.165) is 5.56 Å². The Bertz CT molecular complexity index is 438. The summed E-state index contributed by atoms with van der Waals surface area (Å²) in [5.41, 5.74) is 1.04. The van der Waals surface area contributed by atoms with Crippen molar-refractivity contribution in [3.8, 4) is 0 Å².